The van der Waals surface area contributed by atoms with Gasteiger partial charge in [0.2, 0.25) is 0 Å². The molecule has 0 aromatic heterocycles. The van der Waals surface area contributed by atoms with E-state index in [2.05, 4.69) is 11.9 Å². The van der Waals surface area contributed by atoms with Gasteiger partial charge < -0.3 is 19.5 Å². The van der Waals surface area contributed by atoms with E-state index >= 15 is 0 Å². The molecule has 0 aliphatic carbocycles. The van der Waals surface area contributed by atoms with Crippen molar-refractivity contribution in [2.75, 3.05) is 31.9 Å². The van der Waals surface area contributed by atoms with Gasteiger partial charge >= 0.3 is 0 Å². The fourth-order valence-corrected chi connectivity index (χ4v) is 3.20. The minimum Gasteiger partial charge on any atom is -0.491 e. The number of rotatable bonds is 9. The van der Waals surface area contributed by atoms with Crippen LogP contribution in [0.2, 0.25) is 0 Å². The van der Waals surface area contributed by atoms with E-state index < -0.39 is 15.7 Å². The van der Waals surface area contributed by atoms with Crippen LogP contribution in [0, 0.1) is 5.41 Å². The summed E-state index contributed by atoms with van der Waals surface area (Å²) in [5, 5.41) is 11.5. The Morgan fingerprint density at radius 2 is 1.80 bits per heavy atom. The lowest BCUT2D eigenvalue weighted by Crippen LogP contribution is -2.19. The zero-order chi connectivity index (χ0) is 22.1. The minimum atomic E-state index is -3.31. The van der Waals surface area contributed by atoms with Gasteiger partial charge in [0.15, 0.2) is 14.9 Å². The smallest absolute Gasteiger partial charge is 0.280 e. The highest BCUT2D eigenvalue weighted by Crippen LogP contribution is 2.30. The Hall–Kier alpha value is -2.82. The van der Waals surface area contributed by atoms with E-state index in [0.717, 1.165) is 18.0 Å². The molecule has 0 radical (unpaired) electrons. The van der Waals surface area contributed by atoms with Crippen molar-refractivity contribution in [1.82, 2.24) is 0 Å². The highest BCUT2D eigenvalue weighted by Gasteiger charge is 2.12. The average Bonchev–Trinajstić information content (AvgIpc) is 2.68. The molecular formula is C20H22N2O6S2. The third kappa shape index (κ3) is 7.21. The predicted octanol–water partition coefficient (Wildman–Crippen LogP) is 3.70. The Bertz CT molecular complexity index is 1020. The molecule has 0 aliphatic rings. The molecule has 8 nitrogen and oxygen atoms in total. The van der Waals surface area contributed by atoms with E-state index in [9.17, 15) is 13.2 Å². The van der Waals surface area contributed by atoms with Gasteiger partial charge in [-0.1, -0.05) is 18.3 Å². The summed E-state index contributed by atoms with van der Waals surface area (Å²) >= 11 is 0.897. The van der Waals surface area contributed by atoms with Crippen LogP contribution in [-0.2, 0) is 19.4 Å². The van der Waals surface area contributed by atoms with Crippen molar-refractivity contribution in [1.29, 1.82) is 5.41 Å². The molecule has 0 aliphatic heterocycles. The molecule has 0 saturated heterocycles. The molecule has 30 heavy (non-hydrogen) atoms. The fraction of sp³-hybridized carbons (Fsp3) is 0.200. The molecule has 1 amide bonds. The van der Waals surface area contributed by atoms with Crippen LogP contribution in [0.15, 0.2) is 59.3 Å². The first-order valence-electron chi connectivity index (χ1n) is 8.65. The normalized spacial score (nSPS) is 10.9. The second kappa shape index (κ2) is 10.8. The van der Waals surface area contributed by atoms with E-state index in [0.29, 0.717) is 36.1 Å². The lowest BCUT2D eigenvalue weighted by molar-refractivity contribution is -0.110. The molecule has 0 atom stereocenters. The molecular weight excluding hydrogens is 428 g/mol. The summed E-state index contributed by atoms with van der Waals surface area (Å²) in [4.78, 5) is 12.3. The van der Waals surface area contributed by atoms with E-state index in [-0.39, 0.29) is 9.94 Å². The number of amides is 1. The van der Waals surface area contributed by atoms with Crippen LogP contribution >= 0.6 is 11.8 Å². The van der Waals surface area contributed by atoms with Gasteiger partial charge in [0.1, 0.15) is 23.9 Å². The SMILES string of the molecule is C=CSC(=N)C(=O)Nc1cc(OCCOC)cc(Oc2ccc(S(C)(=O)=O)cc2)c1. The number of methoxy groups -OCH3 is 1. The number of carbonyl (C=O) groups excluding carboxylic acids is 1. The van der Waals surface area contributed by atoms with Crippen LogP contribution < -0.4 is 14.8 Å². The largest absolute Gasteiger partial charge is 0.491 e. The third-order valence-electron chi connectivity index (χ3n) is 3.59. The van der Waals surface area contributed by atoms with Crippen molar-refractivity contribution < 1.29 is 27.4 Å². The Kier molecular flexibility index (Phi) is 8.46. The van der Waals surface area contributed by atoms with Gasteiger partial charge in [0.25, 0.3) is 5.91 Å². The summed E-state index contributed by atoms with van der Waals surface area (Å²) in [6.45, 7) is 4.15. The molecule has 2 aromatic rings. The quantitative estimate of drug-likeness (QED) is 0.340. The third-order valence-corrected chi connectivity index (χ3v) is 5.31. The second-order valence-electron chi connectivity index (χ2n) is 5.95. The van der Waals surface area contributed by atoms with E-state index in [1.807, 2.05) is 0 Å². The van der Waals surface area contributed by atoms with Crippen molar-refractivity contribution in [2.45, 2.75) is 4.90 Å². The van der Waals surface area contributed by atoms with Crippen LogP contribution in [0.1, 0.15) is 0 Å². The molecule has 0 unspecified atom stereocenters. The fourth-order valence-electron chi connectivity index (χ4n) is 2.24. The first-order valence-corrected chi connectivity index (χ1v) is 11.4. The topological polar surface area (TPSA) is 115 Å². The Morgan fingerprint density at radius 1 is 1.13 bits per heavy atom. The van der Waals surface area contributed by atoms with E-state index in [1.165, 1.54) is 29.7 Å². The molecule has 0 bridgehead atoms. The number of nitrogens with one attached hydrogen (secondary N) is 2. The van der Waals surface area contributed by atoms with Crippen molar-refractivity contribution in [3.8, 4) is 17.2 Å². The molecule has 10 heteroatoms. The van der Waals surface area contributed by atoms with Gasteiger partial charge in [0, 0.05) is 37.3 Å². The summed E-state index contributed by atoms with van der Waals surface area (Å²) in [7, 11) is -1.76. The highest BCUT2D eigenvalue weighted by atomic mass is 32.2. The van der Waals surface area contributed by atoms with E-state index in [1.54, 1.807) is 25.3 Å². The van der Waals surface area contributed by atoms with Crippen molar-refractivity contribution in [3.63, 3.8) is 0 Å². The molecule has 2 aromatic carbocycles. The summed E-state index contributed by atoms with van der Waals surface area (Å²) in [5.74, 6) is 0.590. The first kappa shape index (κ1) is 23.5. The molecule has 0 fully saturated rings. The van der Waals surface area contributed by atoms with Crippen LogP contribution in [0.25, 0.3) is 0 Å². The Labute approximate surface area is 179 Å². The van der Waals surface area contributed by atoms with Crippen molar-refractivity contribution in [3.05, 3.63) is 54.5 Å². The number of thioether (sulfide) groups is 1. The second-order valence-corrected chi connectivity index (χ2v) is 8.94. The maximum absolute atomic E-state index is 12.1. The summed E-state index contributed by atoms with van der Waals surface area (Å²) < 4.78 is 39.5. The van der Waals surface area contributed by atoms with Gasteiger partial charge in [-0.2, -0.15) is 0 Å². The average molecular weight is 451 g/mol. The van der Waals surface area contributed by atoms with Crippen molar-refractivity contribution >= 4 is 38.2 Å². The van der Waals surface area contributed by atoms with Crippen LogP contribution in [0.4, 0.5) is 5.69 Å². The van der Waals surface area contributed by atoms with Gasteiger partial charge in [-0.05, 0) is 29.7 Å². The molecule has 0 saturated carbocycles. The van der Waals surface area contributed by atoms with Gasteiger partial charge in [0.05, 0.1) is 11.5 Å². The summed E-state index contributed by atoms with van der Waals surface area (Å²) in [6, 6.07) is 10.7. The Morgan fingerprint density at radius 3 is 2.40 bits per heavy atom. The lowest BCUT2D eigenvalue weighted by atomic mass is 10.2. The maximum Gasteiger partial charge on any atom is 0.280 e. The number of anilines is 1. The van der Waals surface area contributed by atoms with Gasteiger partial charge in [-0.3, -0.25) is 10.2 Å². The number of hydrogen-bond acceptors (Lipinski definition) is 8. The van der Waals surface area contributed by atoms with Gasteiger partial charge in [-0.25, -0.2) is 8.42 Å². The van der Waals surface area contributed by atoms with Crippen molar-refractivity contribution in [2.24, 2.45) is 0 Å². The van der Waals surface area contributed by atoms with Crippen LogP contribution in [0.5, 0.6) is 17.2 Å². The minimum absolute atomic E-state index is 0.178. The monoisotopic (exact) mass is 450 g/mol. The van der Waals surface area contributed by atoms with Crippen LogP contribution in [0.3, 0.4) is 0 Å². The standard InChI is InChI=1S/C20H22N2O6S2/c1-4-29-19(21)20(23)22-14-11-16(27-10-9-26-2)13-17(12-14)28-15-5-7-18(8-6-15)30(3,24)25/h4-8,11-13,21H,1,9-10H2,2-3H3,(H,22,23). The lowest BCUT2D eigenvalue weighted by Gasteiger charge is -2.13. The molecule has 0 spiro atoms. The van der Waals surface area contributed by atoms with E-state index in [4.69, 9.17) is 19.6 Å². The number of carbonyl (C=O) groups is 1. The van der Waals surface area contributed by atoms with Crippen LogP contribution in [-0.4, -0.2) is 45.9 Å². The predicted molar refractivity (Wildman–Crippen MR) is 118 cm³/mol. The zero-order valence-electron chi connectivity index (χ0n) is 16.5. The zero-order valence-corrected chi connectivity index (χ0v) is 18.1. The highest BCUT2D eigenvalue weighted by molar-refractivity contribution is 8.18. The molecule has 2 rings (SSSR count). The molecule has 160 valence electrons. The number of hydrogen-bond donors (Lipinski definition) is 2. The van der Waals surface area contributed by atoms with Gasteiger partial charge in [-0.15, -0.1) is 0 Å². The maximum atomic E-state index is 12.1. The molecule has 2 N–H and O–H groups in total. The summed E-state index contributed by atoms with van der Waals surface area (Å²) in [5.41, 5.74) is 0.368. The summed E-state index contributed by atoms with van der Waals surface area (Å²) in [6.07, 6.45) is 1.13. The number of ether oxygens (including phenoxy) is 3. The first-order chi connectivity index (χ1) is 14.2. The number of sulfone groups is 1. The number of benzene rings is 2. The molecule has 0 heterocycles. The Balaban J connectivity index is 2.25.